The van der Waals surface area contributed by atoms with Crippen LogP contribution >= 0.6 is 35.7 Å². The number of hydrogen-bond donors (Lipinski definition) is 2. The normalized spacial score (nSPS) is 16.6. The number of hydrogen-bond acceptors (Lipinski definition) is 5. The third-order valence-electron chi connectivity index (χ3n) is 3.95. The Morgan fingerprint density at radius 3 is 2.77 bits per heavy atom. The van der Waals surface area contributed by atoms with Crippen molar-refractivity contribution in [2.24, 2.45) is 4.99 Å². The summed E-state index contributed by atoms with van der Waals surface area (Å²) in [5.74, 6) is 2.14. The van der Waals surface area contributed by atoms with Gasteiger partial charge in [0, 0.05) is 18.3 Å². The van der Waals surface area contributed by atoms with E-state index in [0.29, 0.717) is 23.1 Å². The molecule has 0 bridgehead atoms. The minimum absolute atomic E-state index is 0. The summed E-state index contributed by atoms with van der Waals surface area (Å²) in [4.78, 5) is 16.5. The van der Waals surface area contributed by atoms with Crippen LogP contribution in [0.2, 0.25) is 0 Å². The van der Waals surface area contributed by atoms with E-state index in [9.17, 15) is 4.79 Å². The first-order valence-corrected chi connectivity index (χ1v) is 9.61. The zero-order valence-corrected chi connectivity index (χ0v) is 18.7. The van der Waals surface area contributed by atoms with Crippen LogP contribution in [0.1, 0.15) is 35.7 Å². The molecule has 1 fully saturated rings. The van der Waals surface area contributed by atoms with Crippen molar-refractivity contribution in [3.05, 3.63) is 29.3 Å². The largest absolute Gasteiger partial charge is 0.496 e. The van der Waals surface area contributed by atoms with Crippen molar-refractivity contribution in [1.82, 2.24) is 10.6 Å². The molecule has 1 heterocycles. The first kappa shape index (κ1) is 22.9. The van der Waals surface area contributed by atoms with Crippen molar-refractivity contribution < 1.29 is 14.3 Å². The van der Waals surface area contributed by atoms with Crippen molar-refractivity contribution in [2.45, 2.75) is 31.6 Å². The predicted molar refractivity (Wildman–Crippen MR) is 118 cm³/mol. The van der Waals surface area contributed by atoms with Crippen LogP contribution in [0.5, 0.6) is 5.75 Å². The standard InChI is InChI=1S/C18H27N3O3S.HI/c1-4-19-18(21-12-14-6-5-9-25-14)20-11-13-7-8-16(23-2)15(10-13)17(22)24-3;/h7-8,10,14H,4-6,9,11-12H2,1-3H3,(H2,19,20,21);1H. The first-order valence-electron chi connectivity index (χ1n) is 8.57. The predicted octanol–water partition coefficient (Wildman–Crippen LogP) is 3.05. The van der Waals surface area contributed by atoms with Crippen molar-refractivity contribution in [3.8, 4) is 5.75 Å². The second-order valence-electron chi connectivity index (χ2n) is 5.74. The summed E-state index contributed by atoms with van der Waals surface area (Å²) in [6.07, 6.45) is 2.56. The highest BCUT2D eigenvalue weighted by molar-refractivity contribution is 14.0. The number of methoxy groups -OCH3 is 2. The van der Waals surface area contributed by atoms with Gasteiger partial charge < -0.3 is 20.1 Å². The Kier molecular flexibility index (Phi) is 10.8. The lowest BCUT2D eigenvalue weighted by molar-refractivity contribution is 0.0597. The van der Waals surface area contributed by atoms with Crippen LogP contribution in [-0.2, 0) is 11.3 Å². The van der Waals surface area contributed by atoms with Crippen LogP contribution in [0.3, 0.4) is 0 Å². The fraction of sp³-hybridized carbons (Fsp3) is 0.556. The second-order valence-corrected chi connectivity index (χ2v) is 7.15. The molecule has 2 N–H and O–H groups in total. The Bertz CT molecular complexity index is 607. The van der Waals surface area contributed by atoms with Crippen molar-refractivity contribution in [1.29, 1.82) is 0 Å². The van der Waals surface area contributed by atoms with Gasteiger partial charge in [-0.15, -0.1) is 24.0 Å². The molecule has 1 aliphatic rings. The fourth-order valence-corrected chi connectivity index (χ4v) is 3.85. The summed E-state index contributed by atoms with van der Waals surface area (Å²) >= 11 is 2.02. The van der Waals surface area contributed by atoms with E-state index in [1.54, 1.807) is 12.1 Å². The maximum absolute atomic E-state index is 11.9. The van der Waals surface area contributed by atoms with Gasteiger partial charge in [0.1, 0.15) is 11.3 Å². The van der Waals surface area contributed by atoms with E-state index in [1.165, 1.54) is 32.8 Å². The quantitative estimate of drug-likeness (QED) is 0.264. The zero-order valence-electron chi connectivity index (χ0n) is 15.5. The molecule has 1 saturated heterocycles. The van der Waals surface area contributed by atoms with Gasteiger partial charge in [0.25, 0.3) is 0 Å². The molecule has 1 aromatic rings. The molecular formula is C18H28IN3O3S. The van der Waals surface area contributed by atoms with Gasteiger partial charge in [0.05, 0.1) is 20.8 Å². The van der Waals surface area contributed by atoms with Crippen molar-refractivity contribution in [2.75, 3.05) is 33.1 Å². The number of carbonyl (C=O) groups excluding carboxylic acids is 1. The van der Waals surface area contributed by atoms with Crippen molar-refractivity contribution >= 4 is 47.7 Å². The Balaban J connectivity index is 0.00000338. The van der Waals surface area contributed by atoms with Crippen molar-refractivity contribution in [3.63, 3.8) is 0 Å². The fourth-order valence-electron chi connectivity index (χ4n) is 2.65. The average molecular weight is 493 g/mol. The summed E-state index contributed by atoms with van der Waals surface area (Å²) in [6, 6.07) is 5.45. The molecule has 1 aromatic carbocycles. The van der Waals surface area contributed by atoms with E-state index in [-0.39, 0.29) is 24.0 Å². The molecule has 6 nitrogen and oxygen atoms in total. The molecule has 8 heteroatoms. The van der Waals surface area contributed by atoms with Gasteiger partial charge in [-0.1, -0.05) is 6.07 Å². The summed E-state index contributed by atoms with van der Waals surface area (Å²) in [7, 11) is 2.90. The molecule has 1 unspecified atom stereocenters. The van der Waals surface area contributed by atoms with Gasteiger partial charge in [0.15, 0.2) is 5.96 Å². The van der Waals surface area contributed by atoms with E-state index in [4.69, 9.17) is 9.47 Å². The smallest absolute Gasteiger partial charge is 0.341 e. The molecule has 0 radical (unpaired) electrons. The molecule has 0 aromatic heterocycles. The van der Waals surface area contributed by atoms with Crippen LogP contribution in [-0.4, -0.2) is 50.2 Å². The van der Waals surface area contributed by atoms with Crippen LogP contribution in [0.4, 0.5) is 0 Å². The second kappa shape index (κ2) is 12.3. The van der Waals surface area contributed by atoms with Crippen LogP contribution in [0.15, 0.2) is 23.2 Å². The number of ether oxygens (including phenoxy) is 2. The molecule has 26 heavy (non-hydrogen) atoms. The average Bonchev–Trinajstić information content (AvgIpc) is 3.16. The van der Waals surface area contributed by atoms with Gasteiger partial charge in [-0.3, -0.25) is 0 Å². The SMILES string of the molecule is CCNC(=NCc1ccc(OC)c(C(=O)OC)c1)NCC1CCCS1.I. The molecule has 0 spiro atoms. The van der Waals surface area contributed by atoms with E-state index >= 15 is 0 Å². The lowest BCUT2D eigenvalue weighted by atomic mass is 10.1. The van der Waals surface area contributed by atoms with Gasteiger partial charge in [0.2, 0.25) is 0 Å². The molecular weight excluding hydrogens is 465 g/mol. The molecule has 1 aliphatic heterocycles. The summed E-state index contributed by atoms with van der Waals surface area (Å²) in [6.45, 7) is 4.25. The number of rotatable bonds is 7. The minimum atomic E-state index is -0.411. The number of thioether (sulfide) groups is 1. The zero-order chi connectivity index (χ0) is 18.1. The third-order valence-corrected chi connectivity index (χ3v) is 5.35. The minimum Gasteiger partial charge on any atom is -0.496 e. The number of halogens is 1. The summed E-state index contributed by atoms with van der Waals surface area (Å²) in [5.41, 5.74) is 1.34. The molecule has 1 atom stereocenters. The number of benzene rings is 1. The van der Waals surface area contributed by atoms with E-state index < -0.39 is 5.97 Å². The third kappa shape index (κ3) is 6.86. The maximum Gasteiger partial charge on any atom is 0.341 e. The maximum atomic E-state index is 11.9. The molecule has 146 valence electrons. The lowest BCUT2D eigenvalue weighted by Gasteiger charge is -2.14. The number of guanidine groups is 1. The molecule has 2 rings (SSSR count). The van der Waals surface area contributed by atoms with E-state index in [2.05, 4.69) is 15.6 Å². The number of nitrogens with one attached hydrogen (secondary N) is 2. The van der Waals surface area contributed by atoms with Gasteiger partial charge >= 0.3 is 5.97 Å². The van der Waals surface area contributed by atoms with Gasteiger partial charge in [-0.05, 0) is 43.2 Å². The summed E-state index contributed by atoms with van der Waals surface area (Å²) < 4.78 is 10.0. The molecule has 0 aliphatic carbocycles. The number of esters is 1. The van der Waals surface area contributed by atoms with Gasteiger partial charge in [-0.25, -0.2) is 9.79 Å². The lowest BCUT2D eigenvalue weighted by Crippen LogP contribution is -2.40. The van der Waals surface area contributed by atoms with Crippen LogP contribution < -0.4 is 15.4 Å². The highest BCUT2D eigenvalue weighted by atomic mass is 127. The monoisotopic (exact) mass is 493 g/mol. The van der Waals surface area contributed by atoms with Gasteiger partial charge in [-0.2, -0.15) is 11.8 Å². The Hall–Kier alpha value is -1.16. The number of nitrogens with zero attached hydrogens (tertiary/aromatic N) is 1. The molecule has 0 saturated carbocycles. The Morgan fingerprint density at radius 2 is 2.15 bits per heavy atom. The topological polar surface area (TPSA) is 72.0 Å². The Morgan fingerprint density at radius 1 is 1.35 bits per heavy atom. The number of aliphatic imine (C=N–C) groups is 1. The van der Waals surface area contributed by atoms with E-state index in [0.717, 1.165) is 24.6 Å². The highest BCUT2D eigenvalue weighted by Gasteiger charge is 2.16. The van der Waals surface area contributed by atoms with Crippen LogP contribution in [0.25, 0.3) is 0 Å². The summed E-state index contributed by atoms with van der Waals surface area (Å²) in [5, 5.41) is 7.33. The molecule has 0 amide bonds. The first-order chi connectivity index (χ1) is 12.2. The van der Waals surface area contributed by atoms with E-state index in [1.807, 2.05) is 24.8 Å². The highest BCUT2D eigenvalue weighted by Crippen LogP contribution is 2.25. The van der Waals surface area contributed by atoms with Crippen LogP contribution in [0, 0.1) is 0 Å². The Labute approximate surface area is 176 Å². The number of carbonyl (C=O) groups is 1.